The number of hydrogen-bond donors (Lipinski definition) is 5. The Hall–Kier alpha value is -4.93. The normalized spacial score (nSPS) is 10.5. The van der Waals surface area contributed by atoms with Crippen molar-refractivity contribution in [1.29, 1.82) is 0 Å². The Morgan fingerprint density at radius 3 is 2.63 bits per heavy atom. The summed E-state index contributed by atoms with van der Waals surface area (Å²) in [6.45, 7) is 5.32. The molecule has 5 N–H and O–H groups in total. The van der Waals surface area contributed by atoms with Crippen LogP contribution < -0.4 is 26.0 Å². The van der Waals surface area contributed by atoms with E-state index < -0.39 is 0 Å². The number of carbonyl (C=O) groups excluding carboxylic acids is 2. The minimum atomic E-state index is -0.341. The first kappa shape index (κ1) is 23.2. The molecule has 0 aliphatic heterocycles. The molecule has 0 fully saturated rings. The average Bonchev–Trinajstić information content (AvgIpc) is 3.24. The molecule has 0 spiro atoms. The second-order valence-corrected chi connectivity index (χ2v) is 7.43. The first-order chi connectivity index (χ1) is 16.9. The maximum atomic E-state index is 12.3. The minimum Gasteiger partial charge on any atom is -0.495 e. The van der Waals surface area contributed by atoms with Gasteiger partial charge in [-0.05, 0) is 43.3 Å². The van der Waals surface area contributed by atoms with Crippen LogP contribution in [0.25, 0.3) is 11.0 Å². The van der Waals surface area contributed by atoms with Gasteiger partial charge in [-0.1, -0.05) is 18.7 Å². The van der Waals surface area contributed by atoms with E-state index >= 15 is 0 Å². The molecule has 0 unspecified atom stereocenters. The first-order valence-corrected chi connectivity index (χ1v) is 10.6. The summed E-state index contributed by atoms with van der Waals surface area (Å²) in [5.74, 6) is 0.628. The molecule has 2 aromatic carbocycles. The summed E-state index contributed by atoms with van der Waals surface area (Å²) in [5.41, 5.74) is 3.29. The average molecular weight is 473 g/mol. The summed E-state index contributed by atoms with van der Waals surface area (Å²) in [6, 6.07) is 12.2. The largest absolute Gasteiger partial charge is 0.495 e. The van der Waals surface area contributed by atoms with E-state index in [9.17, 15) is 9.59 Å². The Morgan fingerprint density at radius 1 is 1.09 bits per heavy atom. The predicted molar refractivity (Wildman–Crippen MR) is 135 cm³/mol. The number of anilines is 5. The van der Waals surface area contributed by atoms with E-state index in [1.807, 2.05) is 13.0 Å². The van der Waals surface area contributed by atoms with Gasteiger partial charge in [0.2, 0.25) is 11.9 Å². The van der Waals surface area contributed by atoms with Crippen molar-refractivity contribution in [2.24, 2.45) is 0 Å². The van der Waals surface area contributed by atoms with Crippen LogP contribution in [-0.2, 0) is 4.79 Å². The van der Waals surface area contributed by atoms with Crippen molar-refractivity contribution in [2.45, 2.75) is 6.92 Å². The molecule has 0 saturated heterocycles. The summed E-state index contributed by atoms with van der Waals surface area (Å²) >= 11 is 0. The molecular formula is C24H24N8O3. The molecule has 0 radical (unpaired) electrons. The summed E-state index contributed by atoms with van der Waals surface area (Å²) in [7, 11) is 3.11. The van der Waals surface area contributed by atoms with Gasteiger partial charge in [-0.2, -0.15) is 15.1 Å². The fourth-order valence-corrected chi connectivity index (χ4v) is 3.46. The van der Waals surface area contributed by atoms with Crippen molar-refractivity contribution in [3.8, 4) is 5.75 Å². The van der Waals surface area contributed by atoms with Crippen LogP contribution in [0, 0.1) is 6.92 Å². The summed E-state index contributed by atoms with van der Waals surface area (Å²) in [4.78, 5) is 33.2. The molecule has 4 aromatic rings. The third kappa shape index (κ3) is 4.88. The topological polar surface area (TPSA) is 146 Å². The molecule has 2 aromatic heterocycles. The molecule has 4 rings (SSSR count). The van der Waals surface area contributed by atoms with Crippen LogP contribution in [0.15, 0.2) is 55.1 Å². The van der Waals surface area contributed by atoms with E-state index in [4.69, 9.17) is 4.74 Å². The first-order valence-electron chi connectivity index (χ1n) is 10.6. The van der Waals surface area contributed by atoms with Gasteiger partial charge in [0.25, 0.3) is 5.91 Å². The number of H-pyrrole nitrogens is 1. The molecular weight excluding hydrogens is 448 g/mol. The fraction of sp³-hybridized carbons (Fsp3) is 0.125. The van der Waals surface area contributed by atoms with Gasteiger partial charge in [0.15, 0.2) is 5.65 Å². The Kier molecular flexibility index (Phi) is 6.58. The van der Waals surface area contributed by atoms with Crippen LogP contribution in [0.4, 0.5) is 28.8 Å². The maximum absolute atomic E-state index is 12.3. The number of fused-ring (bicyclic) bond motifs is 1. The van der Waals surface area contributed by atoms with Crippen LogP contribution in [-0.4, -0.2) is 46.1 Å². The Balaban J connectivity index is 1.75. The van der Waals surface area contributed by atoms with Crippen LogP contribution in [0.5, 0.6) is 5.75 Å². The highest BCUT2D eigenvalue weighted by molar-refractivity contribution is 6.02. The summed E-state index contributed by atoms with van der Waals surface area (Å²) in [6.07, 6.45) is 1.18. The van der Waals surface area contributed by atoms with Gasteiger partial charge in [0, 0.05) is 18.4 Å². The molecule has 2 heterocycles. The SMILES string of the molecule is C=CC(=O)Nc1ccc(OC)c(Nc2nc(Nc3ccccc3C(=O)NC)c3c(C)[nH]nc3n2)c1. The lowest BCUT2D eigenvalue weighted by Crippen LogP contribution is -2.19. The number of amides is 2. The molecule has 0 saturated carbocycles. The number of rotatable bonds is 8. The zero-order chi connectivity index (χ0) is 24.9. The Labute approximate surface area is 201 Å². The van der Waals surface area contributed by atoms with E-state index in [2.05, 4.69) is 48.0 Å². The Morgan fingerprint density at radius 2 is 1.89 bits per heavy atom. The molecule has 0 aliphatic rings. The van der Waals surface area contributed by atoms with E-state index in [0.29, 0.717) is 45.2 Å². The number of ether oxygens (including phenoxy) is 1. The third-order valence-corrected chi connectivity index (χ3v) is 5.15. The zero-order valence-corrected chi connectivity index (χ0v) is 19.4. The van der Waals surface area contributed by atoms with Crippen LogP contribution >= 0.6 is 0 Å². The molecule has 2 amide bonds. The lowest BCUT2D eigenvalue weighted by atomic mass is 10.1. The van der Waals surface area contributed by atoms with Gasteiger partial charge in [0.05, 0.1) is 29.4 Å². The molecule has 35 heavy (non-hydrogen) atoms. The van der Waals surface area contributed by atoms with Crippen LogP contribution in [0.1, 0.15) is 16.1 Å². The number of aryl methyl sites for hydroxylation is 1. The maximum Gasteiger partial charge on any atom is 0.253 e. The standard InChI is InChI=1S/C24H24N8O3/c1-5-19(33)26-14-10-11-18(35-4)17(12-14)28-24-29-21(20-13(2)31-32-22(20)30-24)27-16-9-7-6-8-15(16)23(34)25-3/h5-12H,1H2,2-4H3,(H,25,34)(H,26,33)(H3,27,28,29,30,31,32). The quantitative estimate of drug-likeness (QED) is 0.244. The van der Waals surface area contributed by atoms with Gasteiger partial charge in [-0.3, -0.25) is 14.7 Å². The van der Waals surface area contributed by atoms with Gasteiger partial charge in [-0.25, -0.2) is 0 Å². The highest BCUT2D eigenvalue weighted by atomic mass is 16.5. The van der Waals surface area contributed by atoms with Gasteiger partial charge in [0.1, 0.15) is 11.6 Å². The second kappa shape index (κ2) is 9.91. The van der Waals surface area contributed by atoms with Gasteiger partial charge < -0.3 is 26.0 Å². The minimum absolute atomic E-state index is 0.231. The molecule has 0 aliphatic carbocycles. The summed E-state index contributed by atoms with van der Waals surface area (Å²) < 4.78 is 5.44. The van der Waals surface area contributed by atoms with Gasteiger partial charge >= 0.3 is 0 Å². The number of aromatic amines is 1. The van der Waals surface area contributed by atoms with Crippen LogP contribution in [0.3, 0.4) is 0 Å². The predicted octanol–water partition coefficient (Wildman–Crippen LogP) is 3.64. The van der Waals surface area contributed by atoms with Crippen molar-refractivity contribution in [3.63, 3.8) is 0 Å². The molecule has 0 bridgehead atoms. The molecule has 178 valence electrons. The molecule has 0 atom stereocenters. The number of para-hydroxylation sites is 1. The molecule has 11 nitrogen and oxygen atoms in total. The highest BCUT2D eigenvalue weighted by Crippen LogP contribution is 2.32. The number of carbonyl (C=O) groups is 2. The van der Waals surface area contributed by atoms with Crippen molar-refractivity contribution >= 4 is 51.7 Å². The number of methoxy groups -OCH3 is 1. The van der Waals surface area contributed by atoms with Crippen molar-refractivity contribution in [3.05, 3.63) is 66.4 Å². The Bertz CT molecular complexity index is 1430. The lowest BCUT2D eigenvalue weighted by Gasteiger charge is -2.15. The van der Waals surface area contributed by atoms with E-state index in [-0.39, 0.29) is 17.8 Å². The monoisotopic (exact) mass is 472 g/mol. The number of nitrogens with zero attached hydrogens (tertiary/aromatic N) is 3. The smallest absolute Gasteiger partial charge is 0.253 e. The van der Waals surface area contributed by atoms with Crippen molar-refractivity contribution in [1.82, 2.24) is 25.5 Å². The van der Waals surface area contributed by atoms with Crippen molar-refractivity contribution in [2.75, 3.05) is 30.1 Å². The molecule has 11 heteroatoms. The fourth-order valence-electron chi connectivity index (χ4n) is 3.46. The third-order valence-electron chi connectivity index (χ3n) is 5.15. The zero-order valence-electron chi connectivity index (χ0n) is 19.4. The van der Waals surface area contributed by atoms with E-state index in [0.717, 1.165) is 5.69 Å². The van der Waals surface area contributed by atoms with E-state index in [1.54, 1.807) is 43.4 Å². The lowest BCUT2D eigenvalue weighted by molar-refractivity contribution is -0.111. The van der Waals surface area contributed by atoms with Crippen LogP contribution in [0.2, 0.25) is 0 Å². The number of hydrogen-bond acceptors (Lipinski definition) is 8. The van der Waals surface area contributed by atoms with Gasteiger partial charge in [-0.15, -0.1) is 0 Å². The highest BCUT2D eigenvalue weighted by Gasteiger charge is 2.17. The van der Waals surface area contributed by atoms with Crippen molar-refractivity contribution < 1.29 is 14.3 Å². The second-order valence-electron chi connectivity index (χ2n) is 7.43. The number of benzene rings is 2. The number of nitrogens with one attached hydrogen (secondary N) is 5. The summed E-state index contributed by atoms with van der Waals surface area (Å²) in [5, 5.41) is 19.6. The van der Waals surface area contributed by atoms with E-state index in [1.165, 1.54) is 13.2 Å². The number of aromatic nitrogens is 4.